The van der Waals surface area contributed by atoms with E-state index in [0.29, 0.717) is 4.08 Å². The molecule has 68 valence electrons. The summed E-state index contributed by atoms with van der Waals surface area (Å²) < 4.78 is 0.339. The van der Waals surface area contributed by atoms with Crippen molar-refractivity contribution in [2.45, 2.75) is 17.9 Å². The average Bonchev–Trinajstić information content (AvgIpc) is 1.97. The Morgan fingerprint density at radius 1 is 1.00 bits per heavy atom. The maximum absolute atomic E-state index is 4.18. The second kappa shape index (κ2) is 6.87. The number of rotatable bonds is 6. The lowest BCUT2D eigenvalue weighted by atomic mass is 10.5. The largest absolute Gasteiger partial charge is 0.179 e. The molecule has 0 aliphatic carbocycles. The van der Waals surface area contributed by atoms with Gasteiger partial charge in [-0.3, -0.25) is 0 Å². The molecule has 0 saturated carbocycles. The Labute approximate surface area is 89.5 Å². The number of thiol groups is 2. The van der Waals surface area contributed by atoms with Gasteiger partial charge in [0.25, 0.3) is 0 Å². The van der Waals surface area contributed by atoms with E-state index in [4.69, 9.17) is 0 Å². The Morgan fingerprint density at radius 2 is 1.36 bits per heavy atom. The fourth-order valence-electron chi connectivity index (χ4n) is 0.625. The zero-order valence-corrected chi connectivity index (χ0v) is 10.5. The summed E-state index contributed by atoms with van der Waals surface area (Å²) in [4.78, 5) is 0. The van der Waals surface area contributed by atoms with Gasteiger partial charge in [0.15, 0.2) is 0 Å². The topological polar surface area (TPSA) is 0 Å². The van der Waals surface area contributed by atoms with Crippen LogP contribution in [0.15, 0.2) is 0 Å². The van der Waals surface area contributed by atoms with Crippen molar-refractivity contribution in [3.05, 3.63) is 0 Å². The summed E-state index contributed by atoms with van der Waals surface area (Å²) in [6.45, 7) is 4.52. The summed E-state index contributed by atoms with van der Waals surface area (Å²) in [6.07, 6.45) is 0. The molecule has 0 fully saturated rings. The SMILES string of the molecule is CC(C)(SCCS)SCCS. The third-order valence-corrected chi connectivity index (χ3v) is 5.05. The number of hydrogen-bond donors (Lipinski definition) is 2. The minimum Gasteiger partial charge on any atom is -0.179 e. The van der Waals surface area contributed by atoms with Gasteiger partial charge in [-0.15, -0.1) is 23.5 Å². The van der Waals surface area contributed by atoms with Crippen molar-refractivity contribution in [2.24, 2.45) is 0 Å². The fraction of sp³-hybridized carbons (Fsp3) is 1.00. The third kappa shape index (κ3) is 7.75. The van der Waals surface area contributed by atoms with Gasteiger partial charge >= 0.3 is 0 Å². The van der Waals surface area contributed by atoms with Crippen molar-refractivity contribution in [2.75, 3.05) is 23.0 Å². The summed E-state index contributed by atoms with van der Waals surface area (Å²) in [7, 11) is 0. The van der Waals surface area contributed by atoms with E-state index in [0.717, 1.165) is 23.0 Å². The van der Waals surface area contributed by atoms with Crippen LogP contribution >= 0.6 is 48.8 Å². The molecular weight excluding hydrogens is 212 g/mol. The normalized spacial score (nSPS) is 12.0. The van der Waals surface area contributed by atoms with Crippen molar-refractivity contribution in [1.29, 1.82) is 0 Å². The first-order valence-electron chi connectivity index (χ1n) is 3.62. The molecule has 0 unspecified atom stereocenters. The molecule has 0 N–H and O–H groups in total. The molecule has 0 radical (unpaired) electrons. The minimum atomic E-state index is 0.339. The van der Waals surface area contributed by atoms with Gasteiger partial charge in [-0.05, 0) is 25.4 Å². The standard InChI is InChI=1S/C7H16S4/c1-7(2,10-5-3-8)11-6-4-9/h8-9H,3-6H2,1-2H3. The van der Waals surface area contributed by atoms with E-state index in [1.54, 1.807) is 0 Å². The molecule has 0 amide bonds. The van der Waals surface area contributed by atoms with E-state index in [2.05, 4.69) is 39.1 Å². The Bertz CT molecular complexity index is 82.4. The molecule has 0 atom stereocenters. The highest BCUT2D eigenvalue weighted by Crippen LogP contribution is 2.35. The molecule has 4 heteroatoms. The van der Waals surface area contributed by atoms with Gasteiger partial charge < -0.3 is 0 Å². The Kier molecular flexibility index (Phi) is 7.74. The van der Waals surface area contributed by atoms with E-state index in [9.17, 15) is 0 Å². The maximum Gasteiger partial charge on any atom is 0.0555 e. The molecule has 0 aromatic carbocycles. The smallest absolute Gasteiger partial charge is 0.0555 e. The van der Waals surface area contributed by atoms with E-state index in [-0.39, 0.29) is 0 Å². The molecule has 0 rings (SSSR count). The second-order valence-electron chi connectivity index (χ2n) is 2.54. The molecule has 0 aliphatic rings. The van der Waals surface area contributed by atoms with Crippen LogP contribution in [0.3, 0.4) is 0 Å². The summed E-state index contributed by atoms with van der Waals surface area (Å²) in [5, 5.41) is 0. The lowest BCUT2D eigenvalue weighted by Crippen LogP contribution is -2.11. The molecule has 0 heterocycles. The van der Waals surface area contributed by atoms with Crippen LogP contribution in [0.1, 0.15) is 13.8 Å². The monoisotopic (exact) mass is 228 g/mol. The maximum atomic E-state index is 4.18. The van der Waals surface area contributed by atoms with Crippen LogP contribution in [0.5, 0.6) is 0 Å². The highest BCUT2D eigenvalue weighted by molar-refractivity contribution is 8.18. The zero-order valence-electron chi connectivity index (χ0n) is 7.04. The Hall–Kier alpha value is 1.40. The van der Waals surface area contributed by atoms with Crippen LogP contribution in [-0.2, 0) is 0 Å². The van der Waals surface area contributed by atoms with E-state index in [1.807, 2.05) is 23.5 Å². The highest BCUT2D eigenvalue weighted by Gasteiger charge is 2.17. The van der Waals surface area contributed by atoms with Crippen molar-refractivity contribution >= 4 is 48.8 Å². The lowest BCUT2D eigenvalue weighted by Gasteiger charge is -2.22. The van der Waals surface area contributed by atoms with Crippen LogP contribution < -0.4 is 0 Å². The summed E-state index contributed by atoms with van der Waals surface area (Å²) >= 11 is 12.3. The van der Waals surface area contributed by atoms with E-state index in [1.165, 1.54) is 0 Å². The average molecular weight is 228 g/mol. The molecule has 0 spiro atoms. The Morgan fingerprint density at radius 3 is 1.64 bits per heavy atom. The van der Waals surface area contributed by atoms with Gasteiger partial charge in [-0.2, -0.15) is 25.3 Å². The third-order valence-electron chi connectivity index (χ3n) is 1.08. The number of thioether (sulfide) groups is 2. The first-order chi connectivity index (χ1) is 5.12. The van der Waals surface area contributed by atoms with Crippen molar-refractivity contribution < 1.29 is 0 Å². The molecule has 0 aromatic rings. The quantitative estimate of drug-likeness (QED) is 0.530. The van der Waals surface area contributed by atoms with E-state index < -0.39 is 0 Å². The van der Waals surface area contributed by atoms with Gasteiger partial charge in [0.05, 0.1) is 4.08 Å². The van der Waals surface area contributed by atoms with Crippen molar-refractivity contribution in [3.8, 4) is 0 Å². The van der Waals surface area contributed by atoms with Gasteiger partial charge in [0.2, 0.25) is 0 Å². The van der Waals surface area contributed by atoms with Gasteiger partial charge in [-0.1, -0.05) is 0 Å². The molecule has 0 nitrogen and oxygen atoms in total. The Balaban J connectivity index is 3.43. The molecular formula is C7H16S4. The minimum absolute atomic E-state index is 0.339. The highest BCUT2D eigenvalue weighted by atomic mass is 32.2. The van der Waals surface area contributed by atoms with E-state index >= 15 is 0 Å². The predicted molar refractivity (Wildman–Crippen MR) is 66.7 cm³/mol. The van der Waals surface area contributed by atoms with Crippen LogP contribution in [0.4, 0.5) is 0 Å². The van der Waals surface area contributed by atoms with Crippen LogP contribution in [0, 0.1) is 0 Å². The number of hydrogen-bond acceptors (Lipinski definition) is 4. The zero-order chi connectivity index (χ0) is 8.74. The van der Waals surface area contributed by atoms with Crippen molar-refractivity contribution in [1.82, 2.24) is 0 Å². The van der Waals surface area contributed by atoms with Crippen LogP contribution in [0.25, 0.3) is 0 Å². The molecule has 0 saturated heterocycles. The fourth-order valence-corrected chi connectivity index (χ4v) is 3.17. The second-order valence-corrected chi connectivity index (χ2v) is 7.13. The van der Waals surface area contributed by atoms with Gasteiger partial charge in [-0.25, -0.2) is 0 Å². The van der Waals surface area contributed by atoms with Crippen molar-refractivity contribution in [3.63, 3.8) is 0 Å². The molecule has 0 aliphatic heterocycles. The van der Waals surface area contributed by atoms with Crippen LogP contribution in [-0.4, -0.2) is 27.1 Å². The predicted octanol–water partition coefficient (Wildman–Crippen LogP) is 3.05. The summed E-state index contributed by atoms with van der Waals surface area (Å²) in [6, 6.07) is 0. The summed E-state index contributed by atoms with van der Waals surface area (Å²) in [5.74, 6) is 4.20. The summed E-state index contributed by atoms with van der Waals surface area (Å²) in [5.41, 5.74) is 0. The molecule has 0 bridgehead atoms. The first kappa shape index (κ1) is 12.4. The molecule has 0 aromatic heterocycles. The lowest BCUT2D eigenvalue weighted by molar-refractivity contribution is 1.03. The van der Waals surface area contributed by atoms with Gasteiger partial charge in [0.1, 0.15) is 0 Å². The first-order valence-corrected chi connectivity index (χ1v) is 6.85. The van der Waals surface area contributed by atoms with Gasteiger partial charge in [0, 0.05) is 11.5 Å². The van der Waals surface area contributed by atoms with Crippen LogP contribution in [0.2, 0.25) is 0 Å². The molecule has 11 heavy (non-hydrogen) atoms.